The predicted octanol–water partition coefficient (Wildman–Crippen LogP) is 3.95. The highest BCUT2D eigenvalue weighted by Gasteiger charge is 2.20. The van der Waals surface area contributed by atoms with Crippen LogP contribution in [-0.2, 0) is 4.74 Å². The van der Waals surface area contributed by atoms with Crippen molar-refractivity contribution in [1.82, 2.24) is 14.9 Å². The first-order chi connectivity index (χ1) is 14.0. The Morgan fingerprint density at radius 1 is 1.14 bits per heavy atom. The van der Waals surface area contributed by atoms with E-state index in [1.807, 2.05) is 39.0 Å². The van der Waals surface area contributed by atoms with Crippen molar-refractivity contribution in [2.45, 2.75) is 20.8 Å². The van der Waals surface area contributed by atoms with Gasteiger partial charge < -0.3 is 15.0 Å². The van der Waals surface area contributed by atoms with E-state index in [4.69, 9.17) is 4.74 Å². The Bertz CT molecular complexity index is 1060. The number of amides is 1. The third-order valence-electron chi connectivity index (χ3n) is 4.70. The minimum atomic E-state index is -0.426. The van der Waals surface area contributed by atoms with E-state index in [9.17, 15) is 9.59 Å². The number of aryl methyl sites for hydroxylation is 1. The summed E-state index contributed by atoms with van der Waals surface area (Å²) in [7, 11) is 1.34. The lowest BCUT2D eigenvalue weighted by molar-refractivity contribution is 0.0600. The number of carbonyl (C=O) groups is 2. The molecule has 0 spiro atoms. The van der Waals surface area contributed by atoms with Gasteiger partial charge in [0, 0.05) is 36.1 Å². The molecule has 1 amide bonds. The third kappa shape index (κ3) is 4.18. The van der Waals surface area contributed by atoms with Gasteiger partial charge in [-0.3, -0.25) is 4.79 Å². The van der Waals surface area contributed by atoms with Gasteiger partial charge in [-0.2, -0.15) is 0 Å². The maximum Gasteiger partial charge on any atom is 0.337 e. The van der Waals surface area contributed by atoms with Gasteiger partial charge in [0.1, 0.15) is 0 Å². The molecule has 1 N–H and O–H groups in total. The molecule has 0 aliphatic carbocycles. The maximum absolute atomic E-state index is 13.1. The quantitative estimate of drug-likeness (QED) is 0.640. The molecule has 29 heavy (non-hydrogen) atoms. The van der Waals surface area contributed by atoms with E-state index in [1.54, 1.807) is 29.3 Å². The molecule has 7 heteroatoms. The van der Waals surface area contributed by atoms with Gasteiger partial charge in [0.15, 0.2) is 5.65 Å². The molecule has 0 fully saturated rings. The van der Waals surface area contributed by atoms with Crippen LogP contribution in [0.1, 0.15) is 40.3 Å². The number of ether oxygens (including phenoxy) is 1. The number of fused-ring (bicyclic) bond motifs is 1. The molecule has 0 saturated carbocycles. The zero-order chi connectivity index (χ0) is 21.0. The van der Waals surface area contributed by atoms with Gasteiger partial charge >= 0.3 is 5.97 Å². The van der Waals surface area contributed by atoms with Crippen LogP contribution in [0.5, 0.6) is 0 Å². The van der Waals surface area contributed by atoms with Crippen molar-refractivity contribution >= 4 is 34.3 Å². The highest BCUT2D eigenvalue weighted by molar-refractivity contribution is 6.07. The minimum absolute atomic E-state index is 0.114. The molecule has 0 unspecified atom stereocenters. The number of pyridine rings is 2. The topological polar surface area (TPSA) is 84.4 Å². The van der Waals surface area contributed by atoms with Crippen LogP contribution in [0.15, 0.2) is 42.6 Å². The lowest BCUT2D eigenvalue weighted by Crippen LogP contribution is -2.31. The van der Waals surface area contributed by atoms with Crippen LogP contribution in [0.2, 0.25) is 0 Å². The minimum Gasteiger partial charge on any atom is -0.465 e. The van der Waals surface area contributed by atoms with Crippen molar-refractivity contribution in [2.24, 2.45) is 0 Å². The molecule has 0 saturated heterocycles. The molecule has 2 heterocycles. The normalized spacial score (nSPS) is 10.6. The van der Waals surface area contributed by atoms with Crippen LogP contribution in [0.3, 0.4) is 0 Å². The number of esters is 1. The zero-order valence-corrected chi connectivity index (χ0v) is 17.0. The molecule has 0 bridgehead atoms. The summed E-state index contributed by atoms with van der Waals surface area (Å²) < 4.78 is 4.80. The summed E-state index contributed by atoms with van der Waals surface area (Å²) >= 11 is 0. The largest absolute Gasteiger partial charge is 0.465 e. The average Bonchev–Trinajstić information content (AvgIpc) is 2.74. The second kappa shape index (κ2) is 8.68. The molecule has 3 rings (SSSR count). The van der Waals surface area contributed by atoms with Crippen LogP contribution in [0.4, 0.5) is 11.4 Å². The van der Waals surface area contributed by atoms with E-state index in [0.717, 1.165) is 11.1 Å². The molecule has 150 valence electrons. The first-order valence-electron chi connectivity index (χ1n) is 9.49. The molecule has 0 aliphatic rings. The lowest BCUT2D eigenvalue weighted by Gasteiger charge is -2.21. The van der Waals surface area contributed by atoms with Crippen molar-refractivity contribution in [3.63, 3.8) is 0 Å². The number of aromatic nitrogens is 2. The van der Waals surface area contributed by atoms with E-state index in [1.165, 1.54) is 7.11 Å². The molecule has 0 atom stereocenters. The highest BCUT2D eigenvalue weighted by atomic mass is 16.5. The van der Waals surface area contributed by atoms with Crippen molar-refractivity contribution in [1.29, 1.82) is 0 Å². The van der Waals surface area contributed by atoms with E-state index >= 15 is 0 Å². The van der Waals surface area contributed by atoms with Gasteiger partial charge in [-0.15, -0.1) is 0 Å². The molecule has 2 aromatic heterocycles. The number of nitrogens with one attached hydrogen (secondary N) is 1. The van der Waals surface area contributed by atoms with E-state index in [0.29, 0.717) is 41.2 Å². The maximum atomic E-state index is 13.1. The summed E-state index contributed by atoms with van der Waals surface area (Å²) in [5.41, 5.74) is 3.53. The fraction of sp³-hybridized carbons (Fsp3) is 0.273. The SMILES string of the molecule is CCN(CC)C(=O)c1cnc2nc(C)ccc2c1Nc1cccc(C(=O)OC)c1. The number of rotatable bonds is 6. The van der Waals surface area contributed by atoms with Crippen LogP contribution < -0.4 is 5.32 Å². The number of hydrogen-bond donors (Lipinski definition) is 1. The van der Waals surface area contributed by atoms with Gasteiger partial charge in [0.25, 0.3) is 5.91 Å². The molecule has 0 radical (unpaired) electrons. The monoisotopic (exact) mass is 392 g/mol. The van der Waals surface area contributed by atoms with Crippen LogP contribution >= 0.6 is 0 Å². The summed E-state index contributed by atoms with van der Waals surface area (Å²) in [6.07, 6.45) is 1.56. The second-order valence-corrected chi connectivity index (χ2v) is 6.55. The Kier molecular flexibility index (Phi) is 6.07. The Morgan fingerprint density at radius 2 is 1.90 bits per heavy atom. The van der Waals surface area contributed by atoms with E-state index < -0.39 is 5.97 Å². The Hall–Kier alpha value is -3.48. The van der Waals surface area contributed by atoms with Crippen molar-refractivity contribution in [3.05, 3.63) is 59.4 Å². The summed E-state index contributed by atoms with van der Waals surface area (Å²) in [5.74, 6) is -0.540. The Morgan fingerprint density at radius 3 is 2.59 bits per heavy atom. The summed E-state index contributed by atoms with van der Waals surface area (Å²) in [5, 5.41) is 4.04. The van der Waals surface area contributed by atoms with Crippen molar-refractivity contribution in [3.8, 4) is 0 Å². The van der Waals surface area contributed by atoms with E-state index in [-0.39, 0.29) is 5.91 Å². The number of nitrogens with zero attached hydrogens (tertiary/aromatic N) is 3. The molecule has 7 nitrogen and oxygen atoms in total. The summed E-state index contributed by atoms with van der Waals surface area (Å²) in [4.78, 5) is 35.6. The number of benzene rings is 1. The first-order valence-corrected chi connectivity index (χ1v) is 9.49. The average molecular weight is 392 g/mol. The highest BCUT2D eigenvalue weighted by Crippen LogP contribution is 2.30. The first kappa shape index (κ1) is 20.3. The van der Waals surface area contributed by atoms with Gasteiger partial charge in [-0.1, -0.05) is 6.07 Å². The smallest absolute Gasteiger partial charge is 0.337 e. The number of carbonyl (C=O) groups excluding carboxylic acids is 2. The fourth-order valence-electron chi connectivity index (χ4n) is 3.14. The molecule has 3 aromatic rings. The third-order valence-corrected chi connectivity index (χ3v) is 4.70. The number of methoxy groups -OCH3 is 1. The molecule has 0 aliphatic heterocycles. The lowest BCUT2D eigenvalue weighted by atomic mass is 10.1. The van der Waals surface area contributed by atoms with Crippen molar-refractivity contribution in [2.75, 3.05) is 25.5 Å². The molecular formula is C22H24N4O3. The van der Waals surface area contributed by atoms with Gasteiger partial charge in [0.05, 0.1) is 23.9 Å². The van der Waals surface area contributed by atoms with Crippen LogP contribution in [0.25, 0.3) is 11.0 Å². The number of anilines is 2. The summed E-state index contributed by atoms with van der Waals surface area (Å²) in [6, 6.07) is 10.7. The van der Waals surface area contributed by atoms with Gasteiger partial charge in [-0.25, -0.2) is 14.8 Å². The Balaban J connectivity index is 2.14. The summed E-state index contributed by atoms with van der Waals surface area (Å²) in [6.45, 7) is 6.96. The van der Waals surface area contributed by atoms with Crippen molar-refractivity contribution < 1.29 is 14.3 Å². The number of hydrogen-bond acceptors (Lipinski definition) is 6. The van der Waals surface area contributed by atoms with Gasteiger partial charge in [0.2, 0.25) is 0 Å². The molecule has 1 aromatic carbocycles. The Labute approximate surface area is 169 Å². The standard InChI is InChI=1S/C22H24N4O3/c1-5-26(6-2)21(27)18-13-23-20-17(11-10-14(3)24-20)19(18)25-16-9-7-8-15(12-16)22(28)29-4/h7-13H,5-6H2,1-4H3,(H,23,24,25). The second-order valence-electron chi connectivity index (χ2n) is 6.55. The van der Waals surface area contributed by atoms with Crippen LogP contribution in [-0.4, -0.2) is 46.9 Å². The van der Waals surface area contributed by atoms with Gasteiger partial charge in [-0.05, 0) is 51.1 Å². The zero-order valence-electron chi connectivity index (χ0n) is 17.0. The molecular weight excluding hydrogens is 368 g/mol. The predicted molar refractivity (Wildman–Crippen MR) is 113 cm³/mol. The van der Waals surface area contributed by atoms with E-state index in [2.05, 4.69) is 15.3 Å². The fourth-order valence-corrected chi connectivity index (χ4v) is 3.14. The van der Waals surface area contributed by atoms with Crippen LogP contribution in [0, 0.1) is 6.92 Å².